The molecule has 2 fully saturated rings. The Labute approximate surface area is 146 Å². The van der Waals surface area contributed by atoms with Crippen molar-refractivity contribution in [3.05, 3.63) is 23.8 Å². The van der Waals surface area contributed by atoms with Crippen LogP contribution in [-0.4, -0.2) is 47.9 Å². The zero-order valence-corrected chi connectivity index (χ0v) is 15.3. The van der Waals surface area contributed by atoms with E-state index < -0.39 is 0 Å². The highest BCUT2D eigenvalue weighted by Gasteiger charge is 2.37. The molecule has 1 heterocycles. The summed E-state index contributed by atoms with van der Waals surface area (Å²) in [6, 6.07) is 6.21. The molecule has 0 unspecified atom stereocenters. The molecule has 1 saturated heterocycles. The van der Waals surface area contributed by atoms with Crippen LogP contribution in [0.1, 0.15) is 51.0 Å². The molecule has 1 aromatic rings. The second kappa shape index (κ2) is 7.32. The molecule has 0 amide bonds. The van der Waals surface area contributed by atoms with Crippen LogP contribution in [0.2, 0.25) is 0 Å². The lowest BCUT2D eigenvalue weighted by Crippen LogP contribution is -2.53. The summed E-state index contributed by atoms with van der Waals surface area (Å²) in [5.41, 5.74) is 2.39. The van der Waals surface area contributed by atoms with Crippen LogP contribution in [0, 0.1) is 6.92 Å². The summed E-state index contributed by atoms with van der Waals surface area (Å²) >= 11 is 0. The summed E-state index contributed by atoms with van der Waals surface area (Å²) in [5.74, 6) is 0.355. The number of nitrogens with zero attached hydrogens (tertiary/aromatic N) is 1. The van der Waals surface area contributed by atoms with Gasteiger partial charge in [0.1, 0.15) is 5.75 Å². The first-order valence-electron chi connectivity index (χ1n) is 9.34. The minimum absolute atomic E-state index is 0.339. The van der Waals surface area contributed by atoms with E-state index in [1.54, 1.807) is 6.07 Å². The number of likely N-dealkylation sites (tertiary alicyclic amines) is 1. The summed E-state index contributed by atoms with van der Waals surface area (Å²) in [6.45, 7) is 6.76. The lowest BCUT2D eigenvalue weighted by molar-refractivity contribution is -0.0105. The van der Waals surface area contributed by atoms with Gasteiger partial charge in [0.15, 0.2) is 0 Å². The number of phenols is 1. The molecule has 4 heteroatoms. The molecular weight excluding hydrogens is 300 g/mol. The van der Waals surface area contributed by atoms with Crippen LogP contribution in [0.3, 0.4) is 0 Å². The van der Waals surface area contributed by atoms with Crippen molar-refractivity contribution >= 4 is 5.69 Å². The Morgan fingerprint density at radius 3 is 2.46 bits per heavy atom. The van der Waals surface area contributed by atoms with Gasteiger partial charge in [-0.25, -0.2) is 0 Å². The summed E-state index contributed by atoms with van der Waals surface area (Å²) in [5, 5.41) is 13.6. The first-order valence-corrected chi connectivity index (χ1v) is 9.34. The van der Waals surface area contributed by atoms with Gasteiger partial charge < -0.3 is 15.2 Å². The predicted molar refractivity (Wildman–Crippen MR) is 98.7 cm³/mol. The second-order valence-corrected chi connectivity index (χ2v) is 7.86. The van der Waals surface area contributed by atoms with E-state index in [0.717, 1.165) is 31.6 Å². The van der Waals surface area contributed by atoms with E-state index in [2.05, 4.69) is 24.1 Å². The number of benzene rings is 1. The minimum atomic E-state index is 0.339. The average Bonchev–Trinajstić information content (AvgIpc) is 2.59. The normalized spacial score (nSPS) is 29.5. The van der Waals surface area contributed by atoms with Gasteiger partial charge >= 0.3 is 0 Å². The molecule has 2 N–H and O–H groups in total. The lowest BCUT2D eigenvalue weighted by Gasteiger charge is -2.48. The Morgan fingerprint density at radius 2 is 1.83 bits per heavy atom. The topological polar surface area (TPSA) is 44.7 Å². The average molecular weight is 332 g/mol. The molecule has 2 aliphatic rings. The molecule has 134 valence electrons. The highest BCUT2D eigenvalue weighted by Crippen LogP contribution is 2.36. The molecule has 0 radical (unpaired) electrons. The van der Waals surface area contributed by atoms with Gasteiger partial charge in [-0.1, -0.05) is 6.07 Å². The highest BCUT2D eigenvalue weighted by molar-refractivity contribution is 5.57. The summed E-state index contributed by atoms with van der Waals surface area (Å²) in [6.07, 6.45) is 7.57. The minimum Gasteiger partial charge on any atom is -0.506 e. The number of aromatic hydroxyl groups is 1. The van der Waals surface area contributed by atoms with Crippen LogP contribution >= 0.6 is 0 Å². The third-order valence-electron chi connectivity index (χ3n) is 6.11. The largest absolute Gasteiger partial charge is 0.506 e. The standard InChI is InChI=1S/C20H32N2O2/c1-15-4-5-19(23)18(14-15)21-16-8-12-22(13-9-16)20(2)10-6-17(24-3)7-11-20/h4-5,14,16-17,21,23H,6-13H2,1-3H3/t17-,20-. The number of phenolic OH excluding ortho intramolecular Hbond substituents is 1. The first kappa shape index (κ1) is 17.6. The highest BCUT2D eigenvalue weighted by atomic mass is 16.5. The molecule has 1 aliphatic carbocycles. The van der Waals surface area contributed by atoms with Crippen LogP contribution in [0.5, 0.6) is 5.75 Å². The third kappa shape index (κ3) is 3.86. The number of anilines is 1. The Hall–Kier alpha value is -1.26. The number of hydrogen-bond acceptors (Lipinski definition) is 4. The Bertz CT molecular complexity index is 545. The summed E-state index contributed by atoms with van der Waals surface area (Å²) in [7, 11) is 1.84. The van der Waals surface area contributed by atoms with Gasteiger partial charge in [0.05, 0.1) is 11.8 Å². The van der Waals surface area contributed by atoms with Crippen molar-refractivity contribution in [1.29, 1.82) is 0 Å². The molecule has 0 bridgehead atoms. The van der Waals surface area contributed by atoms with Crippen molar-refractivity contribution in [2.24, 2.45) is 0 Å². The fourth-order valence-electron chi connectivity index (χ4n) is 4.31. The summed E-state index contributed by atoms with van der Waals surface area (Å²) < 4.78 is 5.52. The molecule has 3 rings (SSSR count). The molecule has 4 nitrogen and oxygen atoms in total. The van der Waals surface area contributed by atoms with E-state index in [1.807, 2.05) is 19.2 Å². The smallest absolute Gasteiger partial charge is 0.138 e. The van der Waals surface area contributed by atoms with Gasteiger partial charge in [0, 0.05) is 31.8 Å². The Morgan fingerprint density at radius 1 is 1.17 bits per heavy atom. The number of aryl methyl sites for hydroxylation is 1. The van der Waals surface area contributed by atoms with Gasteiger partial charge in [-0.05, 0) is 70.1 Å². The van der Waals surface area contributed by atoms with Crippen molar-refractivity contribution < 1.29 is 9.84 Å². The van der Waals surface area contributed by atoms with Crippen LogP contribution in [-0.2, 0) is 4.74 Å². The second-order valence-electron chi connectivity index (χ2n) is 7.86. The van der Waals surface area contributed by atoms with Crippen molar-refractivity contribution in [3.63, 3.8) is 0 Å². The number of rotatable bonds is 4. The number of ether oxygens (including phenoxy) is 1. The van der Waals surface area contributed by atoms with Gasteiger partial charge in [0.2, 0.25) is 0 Å². The first-order chi connectivity index (χ1) is 11.5. The quantitative estimate of drug-likeness (QED) is 0.820. The van der Waals surface area contributed by atoms with Crippen molar-refractivity contribution in [2.45, 2.75) is 70.1 Å². The van der Waals surface area contributed by atoms with E-state index in [1.165, 1.54) is 31.2 Å². The van der Waals surface area contributed by atoms with Crippen molar-refractivity contribution in [3.8, 4) is 5.75 Å². The Balaban J connectivity index is 1.53. The number of methoxy groups -OCH3 is 1. The fraction of sp³-hybridized carbons (Fsp3) is 0.700. The predicted octanol–water partition coefficient (Wildman–Crippen LogP) is 3.92. The fourth-order valence-corrected chi connectivity index (χ4v) is 4.31. The van der Waals surface area contributed by atoms with Crippen LogP contribution < -0.4 is 5.32 Å². The number of nitrogens with one attached hydrogen (secondary N) is 1. The molecule has 1 saturated carbocycles. The number of piperidine rings is 1. The SMILES string of the molecule is CO[C@H]1CC[C@](C)(N2CCC(Nc3cc(C)ccc3O)CC2)CC1. The van der Waals surface area contributed by atoms with Crippen molar-refractivity contribution in [1.82, 2.24) is 4.90 Å². The molecule has 0 aromatic heterocycles. The van der Waals surface area contributed by atoms with Gasteiger partial charge in [0.25, 0.3) is 0 Å². The summed E-state index contributed by atoms with van der Waals surface area (Å²) in [4.78, 5) is 2.69. The van der Waals surface area contributed by atoms with Crippen molar-refractivity contribution in [2.75, 3.05) is 25.5 Å². The van der Waals surface area contributed by atoms with Crippen LogP contribution in [0.15, 0.2) is 18.2 Å². The zero-order chi connectivity index (χ0) is 17.2. The van der Waals surface area contributed by atoms with Crippen LogP contribution in [0.4, 0.5) is 5.69 Å². The third-order valence-corrected chi connectivity index (χ3v) is 6.11. The molecule has 0 spiro atoms. The molecule has 24 heavy (non-hydrogen) atoms. The van der Waals surface area contributed by atoms with E-state index in [0.29, 0.717) is 23.4 Å². The van der Waals surface area contributed by atoms with Crippen LogP contribution in [0.25, 0.3) is 0 Å². The molecule has 0 atom stereocenters. The lowest BCUT2D eigenvalue weighted by atomic mass is 9.79. The van der Waals surface area contributed by atoms with Gasteiger partial charge in [-0.2, -0.15) is 0 Å². The van der Waals surface area contributed by atoms with E-state index in [-0.39, 0.29) is 0 Å². The zero-order valence-electron chi connectivity index (χ0n) is 15.3. The molecule has 1 aliphatic heterocycles. The van der Waals surface area contributed by atoms with Gasteiger partial charge in [-0.3, -0.25) is 4.90 Å². The maximum atomic E-state index is 10.0. The van der Waals surface area contributed by atoms with E-state index in [4.69, 9.17) is 4.74 Å². The monoisotopic (exact) mass is 332 g/mol. The maximum Gasteiger partial charge on any atom is 0.138 e. The molecule has 1 aromatic carbocycles. The number of hydrogen-bond donors (Lipinski definition) is 2. The Kier molecular flexibility index (Phi) is 5.36. The van der Waals surface area contributed by atoms with E-state index >= 15 is 0 Å². The molecular formula is C20H32N2O2. The maximum absolute atomic E-state index is 10.0. The van der Waals surface area contributed by atoms with E-state index in [9.17, 15) is 5.11 Å². The van der Waals surface area contributed by atoms with Gasteiger partial charge in [-0.15, -0.1) is 0 Å².